The molecule has 1 saturated carbocycles. The third kappa shape index (κ3) is 5.45. The number of hydrogen-bond acceptors (Lipinski definition) is 4. The molecule has 1 aliphatic carbocycles. The molecule has 0 saturated heterocycles. The van der Waals surface area contributed by atoms with Crippen LogP contribution in [0.4, 0.5) is 4.79 Å². The maximum absolute atomic E-state index is 12.3. The average Bonchev–Trinajstić information content (AvgIpc) is 2.70. The fourth-order valence-corrected chi connectivity index (χ4v) is 3.03. The molecule has 140 valence electrons. The predicted octanol–water partition coefficient (Wildman–Crippen LogP) is 4.25. The number of amides is 1. The van der Waals surface area contributed by atoms with Crippen LogP contribution < -0.4 is 5.32 Å². The summed E-state index contributed by atoms with van der Waals surface area (Å²) in [6, 6.07) is 18.2. The lowest BCUT2D eigenvalue weighted by molar-refractivity contribution is 0.0302. The van der Waals surface area contributed by atoms with Gasteiger partial charge in [0.1, 0.15) is 12.7 Å². The zero-order valence-electron chi connectivity index (χ0n) is 15.1. The SMILES string of the molecule is C=C1CC[C@@H](NC(=O)OCc2ccccc2)C[C@@H]1OC(=O)c1ccccc1. The number of esters is 1. The van der Waals surface area contributed by atoms with Gasteiger partial charge in [-0.25, -0.2) is 9.59 Å². The maximum atomic E-state index is 12.3. The summed E-state index contributed by atoms with van der Waals surface area (Å²) in [4.78, 5) is 24.3. The Kier molecular flexibility index (Phi) is 6.26. The van der Waals surface area contributed by atoms with Crippen LogP contribution in [0.1, 0.15) is 35.2 Å². The number of carbonyl (C=O) groups excluding carboxylic acids is 2. The largest absolute Gasteiger partial charge is 0.454 e. The fourth-order valence-electron chi connectivity index (χ4n) is 3.03. The fraction of sp³-hybridized carbons (Fsp3) is 0.273. The van der Waals surface area contributed by atoms with Crippen molar-refractivity contribution in [1.29, 1.82) is 0 Å². The molecule has 1 aliphatic rings. The molecule has 3 rings (SSSR count). The van der Waals surface area contributed by atoms with Crippen LogP contribution in [-0.4, -0.2) is 24.2 Å². The summed E-state index contributed by atoms with van der Waals surface area (Å²) in [7, 11) is 0. The second kappa shape index (κ2) is 9.03. The van der Waals surface area contributed by atoms with E-state index in [4.69, 9.17) is 9.47 Å². The summed E-state index contributed by atoms with van der Waals surface area (Å²) in [5.41, 5.74) is 2.30. The van der Waals surface area contributed by atoms with Gasteiger partial charge >= 0.3 is 12.1 Å². The van der Waals surface area contributed by atoms with Crippen LogP contribution in [0.3, 0.4) is 0 Å². The highest BCUT2D eigenvalue weighted by atomic mass is 16.6. The molecular weight excluding hydrogens is 342 g/mol. The highest BCUT2D eigenvalue weighted by Crippen LogP contribution is 2.26. The summed E-state index contributed by atoms with van der Waals surface area (Å²) in [5, 5.41) is 2.86. The Morgan fingerprint density at radius 1 is 1.04 bits per heavy atom. The minimum absolute atomic E-state index is 0.118. The second-order valence-electron chi connectivity index (χ2n) is 6.60. The standard InChI is InChI=1S/C22H23NO4/c1-16-12-13-19(23-22(25)26-15-17-8-4-2-5-9-17)14-20(16)27-21(24)18-10-6-3-7-11-18/h2-11,19-20H,1,12-15H2,(H,23,25)/t19-,20+/m1/s1. The number of carbonyl (C=O) groups is 2. The third-order valence-electron chi connectivity index (χ3n) is 4.56. The molecule has 2 atom stereocenters. The first kappa shape index (κ1) is 18.7. The molecule has 0 spiro atoms. The first-order chi connectivity index (χ1) is 13.1. The Morgan fingerprint density at radius 2 is 1.70 bits per heavy atom. The zero-order chi connectivity index (χ0) is 19.1. The van der Waals surface area contributed by atoms with Crippen molar-refractivity contribution >= 4 is 12.1 Å². The van der Waals surface area contributed by atoms with Crippen molar-refractivity contribution in [3.63, 3.8) is 0 Å². The van der Waals surface area contributed by atoms with E-state index in [0.717, 1.165) is 17.6 Å². The van der Waals surface area contributed by atoms with E-state index in [1.807, 2.05) is 36.4 Å². The molecular formula is C22H23NO4. The number of ether oxygens (including phenoxy) is 2. The summed E-state index contributed by atoms with van der Waals surface area (Å²) < 4.78 is 10.9. The molecule has 0 aromatic heterocycles. The van der Waals surface area contributed by atoms with Crippen molar-refractivity contribution in [2.75, 3.05) is 0 Å². The Morgan fingerprint density at radius 3 is 2.41 bits per heavy atom. The van der Waals surface area contributed by atoms with Crippen LogP contribution in [0, 0.1) is 0 Å². The van der Waals surface area contributed by atoms with E-state index < -0.39 is 12.2 Å². The first-order valence-electron chi connectivity index (χ1n) is 9.02. The minimum Gasteiger partial charge on any atom is -0.454 e. The Labute approximate surface area is 159 Å². The molecule has 2 aromatic rings. The van der Waals surface area contributed by atoms with Gasteiger partial charge in [0.15, 0.2) is 0 Å². The van der Waals surface area contributed by atoms with Gasteiger partial charge in [0.25, 0.3) is 0 Å². The normalized spacial score (nSPS) is 19.2. The van der Waals surface area contributed by atoms with E-state index in [1.54, 1.807) is 24.3 Å². The van der Waals surface area contributed by atoms with Gasteiger partial charge < -0.3 is 14.8 Å². The maximum Gasteiger partial charge on any atom is 0.407 e. The van der Waals surface area contributed by atoms with Gasteiger partial charge in [-0.1, -0.05) is 55.1 Å². The van der Waals surface area contributed by atoms with Gasteiger partial charge in [0.2, 0.25) is 0 Å². The van der Waals surface area contributed by atoms with Crippen molar-refractivity contribution in [3.8, 4) is 0 Å². The first-order valence-corrected chi connectivity index (χ1v) is 9.02. The lowest BCUT2D eigenvalue weighted by Crippen LogP contribution is -2.41. The van der Waals surface area contributed by atoms with Gasteiger partial charge in [-0.2, -0.15) is 0 Å². The van der Waals surface area contributed by atoms with E-state index in [1.165, 1.54) is 0 Å². The van der Waals surface area contributed by atoms with E-state index in [2.05, 4.69) is 11.9 Å². The molecule has 0 heterocycles. The monoisotopic (exact) mass is 365 g/mol. The van der Waals surface area contributed by atoms with Crippen molar-refractivity contribution < 1.29 is 19.1 Å². The van der Waals surface area contributed by atoms with Gasteiger partial charge in [0, 0.05) is 12.5 Å². The lowest BCUT2D eigenvalue weighted by atomic mass is 9.89. The van der Waals surface area contributed by atoms with Gasteiger partial charge in [-0.3, -0.25) is 0 Å². The van der Waals surface area contributed by atoms with E-state index in [9.17, 15) is 9.59 Å². The predicted molar refractivity (Wildman–Crippen MR) is 102 cm³/mol. The zero-order valence-corrected chi connectivity index (χ0v) is 15.1. The van der Waals surface area contributed by atoms with Crippen molar-refractivity contribution in [1.82, 2.24) is 5.32 Å². The lowest BCUT2D eigenvalue weighted by Gasteiger charge is -2.31. The molecule has 1 fully saturated rings. The van der Waals surface area contributed by atoms with Crippen LogP contribution in [-0.2, 0) is 16.1 Å². The molecule has 1 N–H and O–H groups in total. The third-order valence-corrected chi connectivity index (χ3v) is 4.56. The van der Waals surface area contributed by atoms with Crippen LogP contribution in [0.15, 0.2) is 72.8 Å². The molecule has 0 radical (unpaired) electrons. The van der Waals surface area contributed by atoms with Gasteiger partial charge in [-0.15, -0.1) is 0 Å². The quantitative estimate of drug-likeness (QED) is 0.636. The molecule has 0 aliphatic heterocycles. The molecule has 1 amide bonds. The summed E-state index contributed by atoms with van der Waals surface area (Å²) in [6.07, 6.45) is 1.06. The van der Waals surface area contributed by atoms with E-state index in [0.29, 0.717) is 18.4 Å². The van der Waals surface area contributed by atoms with Crippen LogP contribution in [0.2, 0.25) is 0 Å². The molecule has 2 aromatic carbocycles. The Bertz CT molecular complexity index is 788. The van der Waals surface area contributed by atoms with E-state index >= 15 is 0 Å². The van der Waals surface area contributed by atoms with Crippen LogP contribution in [0.5, 0.6) is 0 Å². The van der Waals surface area contributed by atoms with E-state index in [-0.39, 0.29) is 18.6 Å². The van der Waals surface area contributed by atoms with Gasteiger partial charge in [0.05, 0.1) is 5.56 Å². The highest BCUT2D eigenvalue weighted by molar-refractivity contribution is 5.89. The van der Waals surface area contributed by atoms with Crippen LogP contribution >= 0.6 is 0 Å². The number of benzene rings is 2. The number of alkyl carbamates (subject to hydrolysis) is 1. The average molecular weight is 365 g/mol. The Balaban J connectivity index is 1.50. The molecule has 0 unspecified atom stereocenters. The second-order valence-corrected chi connectivity index (χ2v) is 6.60. The topological polar surface area (TPSA) is 64.6 Å². The Hall–Kier alpha value is -3.08. The minimum atomic E-state index is -0.468. The number of nitrogens with one attached hydrogen (secondary N) is 1. The molecule has 27 heavy (non-hydrogen) atoms. The smallest absolute Gasteiger partial charge is 0.407 e. The van der Waals surface area contributed by atoms with Gasteiger partial charge in [-0.05, 0) is 36.1 Å². The number of hydrogen-bond donors (Lipinski definition) is 1. The summed E-state index contributed by atoms with van der Waals surface area (Å²) >= 11 is 0. The van der Waals surface area contributed by atoms with Crippen molar-refractivity contribution in [3.05, 3.63) is 83.9 Å². The van der Waals surface area contributed by atoms with Crippen molar-refractivity contribution in [2.24, 2.45) is 0 Å². The van der Waals surface area contributed by atoms with Crippen LogP contribution in [0.25, 0.3) is 0 Å². The highest BCUT2D eigenvalue weighted by Gasteiger charge is 2.29. The summed E-state index contributed by atoms with van der Waals surface area (Å²) in [6.45, 7) is 4.23. The van der Waals surface area contributed by atoms with Crippen molar-refractivity contribution in [2.45, 2.75) is 38.0 Å². The molecule has 5 heteroatoms. The molecule has 5 nitrogen and oxygen atoms in total. The summed E-state index contributed by atoms with van der Waals surface area (Å²) in [5.74, 6) is -0.381. The number of rotatable bonds is 5. The molecule has 0 bridgehead atoms.